The maximum absolute atomic E-state index is 12.8. The highest BCUT2D eigenvalue weighted by Crippen LogP contribution is 2.38. The number of benzene rings is 2. The van der Waals surface area contributed by atoms with Crippen LogP contribution in [-0.2, 0) is 30.6 Å². The van der Waals surface area contributed by atoms with Crippen LogP contribution < -0.4 is 0 Å². The zero-order chi connectivity index (χ0) is 24.6. The number of likely N-dealkylation sites (N-methyl/N-ethyl adjacent to an activating group) is 1. The second-order valence-corrected chi connectivity index (χ2v) is 11.3. The number of hydrogen-bond acceptors (Lipinski definition) is 6. The number of nitrogens with zero attached hydrogens (tertiary/aromatic N) is 1. The molecular formula is C25H33Cl2NO5S. The lowest BCUT2D eigenvalue weighted by Gasteiger charge is -2.33. The average Bonchev–Trinajstić information content (AvgIpc) is 2.80. The molecule has 0 radical (unpaired) electrons. The first-order chi connectivity index (χ1) is 16.3. The van der Waals surface area contributed by atoms with Crippen molar-refractivity contribution >= 4 is 33.0 Å². The van der Waals surface area contributed by atoms with Gasteiger partial charge in [-0.15, -0.1) is 0 Å². The Labute approximate surface area is 213 Å². The summed E-state index contributed by atoms with van der Waals surface area (Å²) in [6.45, 7) is 6.56. The van der Waals surface area contributed by atoms with Gasteiger partial charge >= 0.3 is 0 Å². The second kappa shape index (κ2) is 13.2. The highest BCUT2D eigenvalue weighted by atomic mass is 35.5. The van der Waals surface area contributed by atoms with Gasteiger partial charge in [-0.3, -0.25) is 0 Å². The van der Waals surface area contributed by atoms with E-state index in [1.165, 1.54) is 0 Å². The molecule has 0 fully saturated rings. The zero-order valence-corrected chi connectivity index (χ0v) is 22.1. The van der Waals surface area contributed by atoms with Crippen LogP contribution in [0.1, 0.15) is 36.0 Å². The second-order valence-electron chi connectivity index (χ2n) is 8.37. The molecule has 0 unspecified atom stereocenters. The Bertz CT molecular complexity index is 1030. The third-order valence-corrected chi connectivity index (χ3v) is 8.16. The standard InChI is InChI=1S/C25H33Cl2NO5S/c1-3-31-10-11-33-13-12-32-9-4-14-34(29,30)21-7-5-19(6-8-21)23-17-28(2)18-24-22(23)15-20(26)16-25(24)27/h5-8,15-16,23H,3-4,9-14,17-18H2,1-2H3/t23-/m1/s1. The zero-order valence-electron chi connectivity index (χ0n) is 19.8. The molecule has 0 N–H and O–H groups in total. The minimum Gasteiger partial charge on any atom is -0.379 e. The van der Waals surface area contributed by atoms with E-state index in [-0.39, 0.29) is 11.7 Å². The minimum atomic E-state index is -3.38. The fourth-order valence-electron chi connectivity index (χ4n) is 4.09. The molecule has 0 saturated carbocycles. The number of fused-ring (bicyclic) bond motifs is 1. The van der Waals surface area contributed by atoms with Crippen molar-refractivity contribution in [3.63, 3.8) is 0 Å². The Morgan fingerprint density at radius 1 is 0.971 bits per heavy atom. The smallest absolute Gasteiger partial charge is 0.178 e. The van der Waals surface area contributed by atoms with E-state index in [9.17, 15) is 8.42 Å². The van der Waals surface area contributed by atoms with Crippen LogP contribution >= 0.6 is 23.2 Å². The summed E-state index contributed by atoms with van der Waals surface area (Å²) in [6, 6.07) is 10.9. The topological polar surface area (TPSA) is 65.1 Å². The fraction of sp³-hybridized carbons (Fsp3) is 0.520. The monoisotopic (exact) mass is 529 g/mol. The highest BCUT2D eigenvalue weighted by molar-refractivity contribution is 7.91. The molecule has 0 aliphatic carbocycles. The van der Waals surface area contributed by atoms with Crippen LogP contribution in [0, 0.1) is 0 Å². The SMILES string of the molecule is CCOCCOCCOCCCS(=O)(=O)c1ccc([C@H]2CN(C)Cc3c(Cl)cc(Cl)cc32)cc1. The lowest BCUT2D eigenvalue weighted by Crippen LogP contribution is -2.31. The molecule has 3 rings (SSSR count). The molecule has 9 heteroatoms. The average molecular weight is 531 g/mol. The lowest BCUT2D eigenvalue weighted by molar-refractivity contribution is 0.0172. The van der Waals surface area contributed by atoms with Gasteiger partial charge in [0.2, 0.25) is 0 Å². The van der Waals surface area contributed by atoms with Gasteiger partial charge in [0.05, 0.1) is 37.1 Å². The molecule has 0 aromatic heterocycles. The first-order valence-electron chi connectivity index (χ1n) is 11.5. The van der Waals surface area contributed by atoms with Crippen LogP contribution in [0.5, 0.6) is 0 Å². The summed E-state index contributed by atoms with van der Waals surface area (Å²) in [6.07, 6.45) is 0.431. The van der Waals surface area contributed by atoms with Gasteiger partial charge in [0, 0.05) is 42.3 Å². The van der Waals surface area contributed by atoms with Crippen molar-refractivity contribution in [2.24, 2.45) is 0 Å². The van der Waals surface area contributed by atoms with Gasteiger partial charge in [0.15, 0.2) is 9.84 Å². The normalized spacial score (nSPS) is 16.5. The van der Waals surface area contributed by atoms with Gasteiger partial charge in [-0.2, -0.15) is 0 Å². The molecule has 0 amide bonds. The molecule has 0 saturated heterocycles. The Hall–Kier alpha value is -1.19. The molecule has 1 atom stereocenters. The molecule has 6 nitrogen and oxygen atoms in total. The Morgan fingerprint density at radius 3 is 2.29 bits per heavy atom. The number of sulfone groups is 1. The van der Waals surface area contributed by atoms with E-state index in [2.05, 4.69) is 11.9 Å². The van der Waals surface area contributed by atoms with Gasteiger partial charge in [0.1, 0.15) is 0 Å². The molecule has 1 aliphatic heterocycles. The maximum Gasteiger partial charge on any atom is 0.178 e. The van der Waals surface area contributed by atoms with Gasteiger partial charge in [0.25, 0.3) is 0 Å². The van der Waals surface area contributed by atoms with Gasteiger partial charge in [-0.1, -0.05) is 35.3 Å². The van der Waals surface area contributed by atoms with Crippen LogP contribution in [0.4, 0.5) is 0 Å². The Kier molecular flexibility index (Phi) is 10.6. The summed E-state index contributed by atoms with van der Waals surface area (Å²) in [5.41, 5.74) is 3.21. The van der Waals surface area contributed by atoms with Crippen LogP contribution in [0.25, 0.3) is 0 Å². The van der Waals surface area contributed by atoms with Crippen molar-refractivity contribution in [1.82, 2.24) is 4.90 Å². The predicted molar refractivity (Wildman–Crippen MR) is 136 cm³/mol. The van der Waals surface area contributed by atoms with Crippen molar-refractivity contribution < 1.29 is 22.6 Å². The van der Waals surface area contributed by atoms with Gasteiger partial charge in [-0.25, -0.2) is 8.42 Å². The van der Waals surface area contributed by atoms with E-state index < -0.39 is 9.84 Å². The summed E-state index contributed by atoms with van der Waals surface area (Å²) < 4.78 is 41.5. The minimum absolute atomic E-state index is 0.0394. The van der Waals surface area contributed by atoms with E-state index in [0.29, 0.717) is 61.0 Å². The molecule has 0 spiro atoms. The van der Waals surface area contributed by atoms with E-state index in [4.69, 9.17) is 37.4 Å². The summed E-state index contributed by atoms with van der Waals surface area (Å²) in [5, 5.41) is 1.27. The van der Waals surface area contributed by atoms with Crippen LogP contribution in [0.15, 0.2) is 41.3 Å². The molecule has 188 valence electrons. The summed E-state index contributed by atoms with van der Waals surface area (Å²) in [5.74, 6) is 0.114. The van der Waals surface area contributed by atoms with Crippen molar-refractivity contribution in [3.05, 3.63) is 63.1 Å². The Morgan fingerprint density at radius 2 is 1.62 bits per heavy atom. The molecule has 2 aromatic rings. The van der Waals surface area contributed by atoms with E-state index >= 15 is 0 Å². The third-order valence-electron chi connectivity index (χ3n) is 5.78. The summed E-state index contributed by atoms with van der Waals surface area (Å²) in [4.78, 5) is 2.53. The quantitative estimate of drug-likeness (QED) is 0.347. The fourth-order valence-corrected chi connectivity index (χ4v) is 5.94. The van der Waals surface area contributed by atoms with E-state index in [0.717, 1.165) is 29.8 Å². The van der Waals surface area contributed by atoms with Gasteiger partial charge < -0.3 is 19.1 Å². The number of halogens is 2. The first-order valence-corrected chi connectivity index (χ1v) is 13.9. The molecule has 0 bridgehead atoms. The molecule has 2 aromatic carbocycles. The first kappa shape index (κ1) is 27.4. The van der Waals surface area contributed by atoms with Crippen molar-refractivity contribution in [2.75, 3.05) is 59.0 Å². The lowest BCUT2D eigenvalue weighted by atomic mass is 9.85. The van der Waals surface area contributed by atoms with Crippen LogP contribution in [0.2, 0.25) is 10.0 Å². The summed E-state index contributed by atoms with van der Waals surface area (Å²) in [7, 11) is -1.33. The predicted octanol–water partition coefficient (Wildman–Crippen LogP) is 4.80. The molecule has 1 heterocycles. The van der Waals surface area contributed by atoms with E-state index in [1.54, 1.807) is 18.2 Å². The number of hydrogen-bond donors (Lipinski definition) is 0. The van der Waals surface area contributed by atoms with Crippen molar-refractivity contribution in [3.8, 4) is 0 Å². The van der Waals surface area contributed by atoms with Crippen molar-refractivity contribution in [1.29, 1.82) is 0 Å². The number of ether oxygens (including phenoxy) is 3. The van der Waals surface area contributed by atoms with E-state index in [1.807, 2.05) is 25.1 Å². The molecule has 1 aliphatic rings. The van der Waals surface area contributed by atoms with Crippen LogP contribution in [-0.4, -0.2) is 72.3 Å². The third kappa shape index (κ3) is 7.65. The number of rotatable bonds is 13. The highest BCUT2D eigenvalue weighted by Gasteiger charge is 2.27. The van der Waals surface area contributed by atoms with Crippen molar-refractivity contribution in [2.45, 2.75) is 30.7 Å². The summed E-state index contributed by atoms with van der Waals surface area (Å²) >= 11 is 12.7. The van der Waals surface area contributed by atoms with Gasteiger partial charge in [-0.05, 0) is 61.3 Å². The maximum atomic E-state index is 12.8. The molecular weight excluding hydrogens is 497 g/mol. The largest absolute Gasteiger partial charge is 0.379 e. The molecule has 34 heavy (non-hydrogen) atoms. The van der Waals surface area contributed by atoms with Crippen LogP contribution in [0.3, 0.4) is 0 Å². The Balaban J connectivity index is 1.53.